The molecule has 0 radical (unpaired) electrons. The number of guanidine groups is 1. The first-order chi connectivity index (χ1) is 14.9. The fourth-order valence-electron chi connectivity index (χ4n) is 2.77. The molecule has 0 unspecified atom stereocenters. The van der Waals surface area contributed by atoms with Crippen molar-refractivity contribution in [3.05, 3.63) is 52.6 Å². The zero-order valence-electron chi connectivity index (χ0n) is 17.2. The zero-order valence-corrected chi connectivity index (χ0v) is 20.4. The molecule has 32 heavy (non-hydrogen) atoms. The number of aliphatic imine (C=N–C) groups is 1. The monoisotopic (exact) mass is 577 g/mol. The highest BCUT2D eigenvalue weighted by molar-refractivity contribution is 14.0. The van der Waals surface area contributed by atoms with Gasteiger partial charge in [-0.1, -0.05) is 6.07 Å². The molecule has 0 aromatic heterocycles. The topological polar surface area (TPSA) is 144 Å². The molecule has 3 N–H and O–H groups in total. The van der Waals surface area contributed by atoms with E-state index in [4.69, 9.17) is 9.47 Å². The van der Waals surface area contributed by atoms with Gasteiger partial charge in [0.05, 0.1) is 23.0 Å². The number of rotatable bonds is 7. The summed E-state index contributed by atoms with van der Waals surface area (Å²) < 4.78 is 38.4. The lowest BCUT2D eigenvalue weighted by molar-refractivity contribution is -0.385. The Balaban J connectivity index is 0.00000363. The first-order valence-corrected chi connectivity index (χ1v) is 11.0. The Labute approximate surface area is 202 Å². The molecule has 0 saturated carbocycles. The van der Waals surface area contributed by atoms with Crippen molar-refractivity contribution in [2.24, 2.45) is 4.99 Å². The van der Waals surface area contributed by atoms with Crippen molar-refractivity contribution in [3.63, 3.8) is 0 Å². The third kappa shape index (κ3) is 6.93. The van der Waals surface area contributed by atoms with E-state index in [2.05, 4.69) is 20.3 Å². The molecule has 13 heteroatoms. The summed E-state index contributed by atoms with van der Waals surface area (Å²) in [5.41, 5.74) is 0.440. The molecule has 0 saturated heterocycles. The minimum Gasteiger partial charge on any atom is -0.490 e. The molecule has 0 fully saturated rings. The smallest absolute Gasteiger partial charge is 0.270 e. The molecule has 174 valence electrons. The summed E-state index contributed by atoms with van der Waals surface area (Å²) in [5, 5.41) is 16.9. The second kappa shape index (κ2) is 11.8. The Bertz CT molecular complexity index is 1080. The maximum Gasteiger partial charge on any atom is 0.270 e. The van der Waals surface area contributed by atoms with E-state index in [1.165, 1.54) is 18.2 Å². The van der Waals surface area contributed by atoms with Crippen molar-refractivity contribution < 1.29 is 22.8 Å². The maximum atomic E-state index is 12.3. The fraction of sp³-hybridized carbons (Fsp3) is 0.316. The standard InChI is InChI=1S/C19H23N5O6S.HI/c1-20-19(23-14-6-7-17-18(12-14)30-11-3-10-29-17)21-8-9-22-31(27,28)16-5-2-4-15(13-16)24(25)26;/h2,4-7,12-13,22H,3,8-11H2,1H3,(H2,20,21,23);1H. The number of halogens is 1. The summed E-state index contributed by atoms with van der Waals surface area (Å²) in [6.07, 6.45) is 0.812. The molecule has 1 heterocycles. The van der Waals surface area contributed by atoms with Crippen molar-refractivity contribution in [1.29, 1.82) is 0 Å². The van der Waals surface area contributed by atoms with Gasteiger partial charge in [0.15, 0.2) is 17.5 Å². The van der Waals surface area contributed by atoms with Gasteiger partial charge in [0, 0.05) is 50.4 Å². The van der Waals surface area contributed by atoms with Gasteiger partial charge in [-0.05, 0) is 18.2 Å². The molecule has 0 amide bonds. The van der Waals surface area contributed by atoms with Crippen molar-refractivity contribution in [1.82, 2.24) is 10.0 Å². The number of nitrogens with zero attached hydrogens (tertiary/aromatic N) is 2. The van der Waals surface area contributed by atoms with E-state index in [9.17, 15) is 18.5 Å². The van der Waals surface area contributed by atoms with Gasteiger partial charge in [-0.25, -0.2) is 13.1 Å². The van der Waals surface area contributed by atoms with Crippen LogP contribution in [0.1, 0.15) is 6.42 Å². The molecule has 0 spiro atoms. The Morgan fingerprint density at radius 1 is 1.12 bits per heavy atom. The number of nitro benzene ring substituents is 1. The van der Waals surface area contributed by atoms with E-state index in [1.54, 1.807) is 13.1 Å². The van der Waals surface area contributed by atoms with Crippen LogP contribution in [0.2, 0.25) is 0 Å². The Morgan fingerprint density at radius 2 is 1.88 bits per heavy atom. The summed E-state index contributed by atoms with van der Waals surface area (Å²) in [5.74, 6) is 1.76. The summed E-state index contributed by atoms with van der Waals surface area (Å²) in [4.78, 5) is 14.1. The van der Waals surface area contributed by atoms with Gasteiger partial charge < -0.3 is 20.1 Å². The molecule has 3 rings (SSSR count). The predicted octanol–water partition coefficient (Wildman–Crippen LogP) is 2.34. The van der Waals surface area contributed by atoms with Crippen molar-refractivity contribution in [3.8, 4) is 11.5 Å². The van der Waals surface area contributed by atoms with Crippen LogP contribution in [0.5, 0.6) is 11.5 Å². The van der Waals surface area contributed by atoms with Crippen molar-refractivity contribution >= 4 is 51.3 Å². The second-order valence-corrected chi connectivity index (χ2v) is 8.26. The van der Waals surface area contributed by atoms with Gasteiger partial charge >= 0.3 is 0 Å². The second-order valence-electron chi connectivity index (χ2n) is 6.49. The summed E-state index contributed by atoms with van der Waals surface area (Å²) in [7, 11) is -2.29. The summed E-state index contributed by atoms with van der Waals surface area (Å²) >= 11 is 0. The molecule has 0 bridgehead atoms. The molecule has 0 atom stereocenters. The molecule has 1 aliphatic rings. The first-order valence-electron chi connectivity index (χ1n) is 9.50. The molecular formula is C19H24IN5O6S. The normalized spacial score (nSPS) is 13.5. The predicted molar refractivity (Wildman–Crippen MR) is 131 cm³/mol. The van der Waals surface area contributed by atoms with Gasteiger partial charge in [0.2, 0.25) is 10.0 Å². The number of sulfonamides is 1. The van der Waals surface area contributed by atoms with Gasteiger partial charge in [0.1, 0.15) is 0 Å². The lowest BCUT2D eigenvalue weighted by Gasteiger charge is -2.14. The maximum absolute atomic E-state index is 12.3. The van der Waals surface area contributed by atoms with Crippen LogP contribution >= 0.6 is 24.0 Å². The van der Waals surface area contributed by atoms with Crippen LogP contribution in [0, 0.1) is 10.1 Å². The number of ether oxygens (including phenoxy) is 2. The number of nitrogens with one attached hydrogen (secondary N) is 3. The van der Waals surface area contributed by atoms with Crippen LogP contribution < -0.4 is 24.8 Å². The number of hydrogen-bond acceptors (Lipinski definition) is 7. The number of non-ortho nitro benzene ring substituents is 1. The Kier molecular flexibility index (Phi) is 9.46. The van der Waals surface area contributed by atoms with Crippen molar-refractivity contribution in [2.75, 3.05) is 38.7 Å². The molecule has 0 aliphatic carbocycles. The summed E-state index contributed by atoms with van der Waals surface area (Å²) in [6, 6.07) is 10.3. The number of benzene rings is 2. The Morgan fingerprint density at radius 3 is 2.59 bits per heavy atom. The lowest BCUT2D eigenvalue weighted by atomic mass is 10.3. The van der Waals surface area contributed by atoms with Crippen LogP contribution in [0.25, 0.3) is 0 Å². The molecule has 11 nitrogen and oxygen atoms in total. The zero-order chi connectivity index (χ0) is 22.3. The largest absolute Gasteiger partial charge is 0.490 e. The SMILES string of the molecule is CN=C(NCCNS(=O)(=O)c1cccc([N+](=O)[O-])c1)Nc1ccc2c(c1)OCCCO2.I. The minimum absolute atomic E-state index is 0. The highest BCUT2D eigenvalue weighted by Gasteiger charge is 2.17. The van der Waals surface area contributed by atoms with Crippen LogP contribution in [-0.4, -0.2) is 52.7 Å². The third-order valence-corrected chi connectivity index (χ3v) is 5.74. The molecule has 1 aliphatic heterocycles. The van der Waals surface area contributed by atoms with E-state index < -0.39 is 14.9 Å². The fourth-order valence-corrected chi connectivity index (χ4v) is 3.84. The quantitative estimate of drug-likeness (QED) is 0.114. The number of fused-ring (bicyclic) bond motifs is 1. The van der Waals surface area contributed by atoms with E-state index in [0.29, 0.717) is 30.7 Å². The van der Waals surface area contributed by atoms with E-state index >= 15 is 0 Å². The number of anilines is 1. The van der Waals surface area contributed by atoms with Gasteiger partial charge in [0.25, 0.3) is 5.69 Å². The summed E-state index contributed by atoms with van der Waals surface area (Å²) in [6.45, 7) is 1.47. The average Bonchev–Trinajstić information content (AvgIpc) is 3.01. The lowest BCUT2D eigenvalue weighted by Crippen LogP contribution is -2.37. The Hall–Kier alpha value is -2.65. The van der Waals surface area contributed by atoms with Crippen LogP contribution in [0.3, 0.4) is 0 Å². The number of hydrogen-bond donors (Lipinski definition) is 3. The molecule has 2 aromatic rings. The van der Waals surface area contributed by atoms with Crippen LogP contribution in [-0.2, 0) is 10.0 Å². The average molecular weight is 577 g/mol. The van der Waals surface area contributed by atoms with Crippen LogP contribution in [0.4, 0.5) is 11.4 Å². The van der Waals surface area contributed by atoms with Crippen LogP contribution in [0.15, 0.2) is 52.4 Å². The highest BCUT2D eigenvalue weighted by Crippen LogP contribution is 2.32. The van der Waals surface area contributed by atoms with E-state index in [0.717, 1.165) is 18.2 Å². The molecule has 2 aromatic carbocycles. The minimum atomic E-state index is -3.88. The highest BCUT2D eigenvalue weighted by atomic mass is 127. The molecular weight excluding hydrogens is 553 g/mol. The van der Waals surface area contributed by atoms with E-state index in [-0.39, 0.29) is 47.6 Å². The van der Waals surface area contributed by atoms with Gasteiger partial charge in [-0.2, -0.15) is 0 Å². The first kappa shape index (κ1) is 25.6. The van der Waals surface area contributed by atoms with Crippen molar-refractivity contribution in [2.45, 2.75) is 11.3 Å². The van der Waals surface area contributed by atoms with E-state index in [1.807, 2.05) is 12.1 Å². The number of nitro groups is 1. The van der Waals surface area contributed by atoms with Gasteiger partial charge in [-0.15, -0.1) is 24.0 Å². The third-order valence-electron chi connectivity index (χ3n) is 4.28. The van der Waals surface area contributed by atoms with Gasteiger partial charge in [-0.3, -0.25) is 15.1 Å².